The molecule has 13 rings (SSSR count). The normalized spacial score (nSPS) is 12.1. The summed E-state index contributed by atoms with van der Waals surface area (Å²) >= 11 is 0. The molecule has 0 amide bonds. The largest absolute Gasteiger partial charge is 0.311 e. The standard InChI is InChI=1S/C75H57N3/c1-75(2)73-26-16-15-25-71(73)72-52-51-70(53-74(72)75)78(68-47-39-60(40-48-68)56-31-27-54(28-32-56)58-35-43-66(44-36-58)76(62-17-7-3-8-18-62)63-19-9-4-10-20-63)69-49-41-61(42-50-69)57-33-29-55(30-34-57)59-37-45-67(46-38-59)77(64-21-11-5-12-22-64)65-23-13-6-14-24-65/h3-53H,1-2H3. The Morgan fingerprint density at radius 1 is 0.192 bits per heavy atom. The van der Waals surface area contributed by atoms with Crippen LogP contribution in [-0.4, -0.2) is 0 Å². The SMILES string of the molecule is CC1(C)c2ccccc2-c2ccc(N(c3ccc(-c4ccc(-c5ccc(N(c6ccccc6)c6ccccc6)cc5)cc4)cc3)c3ccc(-c4ccc(-c5ccc(N(c6ccccc6)c6ccccc6)cc5)cc4)cc3)cc21. The fraction of sp³-hybridized carbons (Fsp3) is 0.0400. The molecule has 0 fully saturated rings. The predicted octanol–water partition coefficient (Wildman–Crippen LogP) is 21.1. The van der Waals surface area contributed by atoms with Crippen LogP contribution in [-0.2, 0) is 5.41 Å². The highest BCUT2D eigenvalue weighted by molar-refractivity contribution is 5.87. The minimum Gasteiger partial charge on any atom is -0.311 e. The maximum absolute atomic E-state index is 2.41. The van der Waals surface area contributed by atoms with Crippen molar-refractivity contribution in [1.29, 1.82) is 0 Å². The van der Waals surface area contributed by atoms with Gasteiger partial charge in [-0.05, 0) is 176 Å². The Hall–Kier alpha value is -9.96. The number of anilines is 9. The third-order valence-electron chi connectivity index (χ3n) is 15.5. The molecule has 0 aliphatic heterocycles. The molecule has 0 radical (unpaired) electrons. The van der Waals surface area contributed by atoms with Crippen LogP contribution < -0.4 is 14.7 Å². The Morgan fingerprint density at radius 3 is 0.718 bits per heavy atom. The van der Waals surface area contributed by atoms with Crippen molar-refractivity contribution < 1.29 is 0 Å². The maximum Gasteiger partial charge on any atom is 0.0465 e. The number of hydrogen-bond donors (Lipinski definition) is 0. The van der Waals surface area contributed by atoms with Gasteiger partial charge in [0.15, 0.2) is 0 Å². The van der Waals surface area contributed by atoms with Gasteiger partial charge in [-0.3, -0.25) is 0 Å². The molecule has 1 aliphatic rings. The summed E-state index contributed by atoms with van der Waals surface area (Å²) < 4.78 is 0. The van der Waals surface area contributed by atoms with Gasteiger partial charge in [-0.2, -0.15) is 0 Å². The van der Waals surface area contributed by atoms with Gasteiger partial charge in [0.2, 0.25) is 0 Å². The van der Waals surface area contributed by atoms with Crippen molar-refractivity contribution in [3.8, 4) is 55.6 Å². The molecule has 0 heterocycles. The lowest BCUT2D eigenvalue weighted by molar-refractivity contribution is 0.660. The van der Waals surface area contributed by atoms with Crippen LogP contribution in [0.2, 0.25) is 0 Å². The van der Waals surface area contributed by atoms with Gasteiger partial charge in [0.1, 0.15) is 0 Å². The fourth-order valence-corrected chi connectivity index (χ4v) is 11.4. The van der Waals surface area contributed by atoms with E-state index in [1.807, 2.05) is 0 Å². The molecular weight excluding hydrogens is 943 g/mol. The van der Waals surface area contributed by atoms with E-state index in [2.05, 4.69) is 338 Å². The lowest BCUT2D eigenvalue weighted by Crippen LogP contribution is -2.16. The zero-order valence-electron chi connectivity index (χ0n) is 43.8. The fourth-order valence-electron chi connectivity index (χ4n) is 11.4. The first kappa shape index (κ1) is 47.7. The van der Waals surface area contributed by atoms with Gasteiger partial charge in [-0.15, -0.1) is 0 Å². The van der Waals surface area contributed by atoms with Crippen molar-refractivity contribution in [1.82, 2.24) is 0 Å². The van der Waals surface area contributed by atoms with E-state index in [0.717, 1.165) is 51.2 Å². The molecule has 0 bridgehead atoms. The van der Waals surface area contributed by atoms with E-state index in [1.165, 1.54) is 66.8 Å². The summed E-state index contributed by atoms with van der Waals surface area (Å²) in [7, 11) is 0. The molecular formula is C75H57N3. The zero-order valence-corrected chi connectivity index (χ0v) is 43.8. The topological polar surface area (TPSA) is 9.72 Å². The second-order valence-electron chi connectivity index (χ2n) is 20.6. The smallest absolute Gasteiger partial charge is 0.0465 e. The van der Waals surface area contributed by atoms with E-state index in [0.29, 0.717) is 0 Å². The summed E-state index contributed by atoms with van der Waals surface area (Å²) in [6, 6.07) is 112. The molecule has 78 heavy (non-hydrogen) atoms. The Bertz CT molecular complexity index is 3680. The highest BCUT2D eigenvalue weighted by Crippen LogP contribution is 2.51. The average Bonchev–Trinajstić information content (AvgIpc) is 3.91. The number of rotatable bonds is 13. The molecule has 0 N–H and O–H groups in total. The molecule has 1 aliphatic carbocycles. The third-order valence-corrected chi connectivity index (χ3v) is 15.5. The molecule has 3 heteroatoms. The van der Waals surface area contributed by atoms with Gasteiger partial charge >= 0.3 is 0 Å². The summed E-state index contributed by atoms with van der Waals surface area (Å²) in [6.07, 6.45) is 0. The lowest BCUT2D eigenvalue weighted by atomic mass is 9.82. The molecule has 12 aromatic rings. The van der Waals surface area contributed by atoms with E-state index in [9.17, 15) is 0 Å². The molecule has 0 saturated carbocycles. The molecule has 372 valence electrons. The van der Waals surface area contributed by atoms with E-state index in [1.54, 1.807) is 0 Å². The van der Waals surface area contributed by atoms with Gasteiger partial charge in [0, 0.05) is 56.6 Å². The van der Waals surface area contributed by atoms with Crippen molar-refractivity contribution >= 4 is 51.2 Å². The summed E-state index contributed by atoms with van der Waals surface area (Å²) in [5, 5.41) is 0. The summed E-state index contributed by atoms with van der Waals surface area (Å²) in [5.74, 6) is 0. The first-order valence-electron chi connectivity index (χ1n) is 26.9. The summed E-state index contributed by atoms with van der Waals surface area (Å²) in [4.78, 5) is 6.99. The highest BCUT2D eigenvalue weighted by Gasteiger charge is 2.35. The van der Waals surface area contributed by atoms with Crippen LogP contribution in [0.4, 0.5) is 51.2 Å². The predicted molar refractivity (Wildman–Crippen MR) is 330 cm³/mol. The second-order valence-corrected chi connectivity index (χ2v) is 20.6. The maximum atomic E-state index is 2.41. The van der Waals surface area contributed by atoms with Crippen molar-refractivity contribution in [2.45, 2.75) is 19.3 Å². The summed E-state index contributed by atoms with van der Waals surface area (Å²) in [6.45, 7) is 4.71. The van der Waals surface area contributed by atoms with Gasteiger partial charge < -0.3 is 14.7 Å². The van der Waals surface area contributed by atoms with Crippen molar-refractivity contribution in [3.63, 3.8) is 0 Å². The average molecular weight is 1000 g/mol. The number of para-hydroxylation sites is 4. The van der Waals surface area contributed by atoms with Crippen LogP contribution in [0.3, 0.4) is 0 Å². The Balaban J connectivity index is 0.767. The van der Waals surface area contributed by atoms with Crippen LogP contribution in [0.25, 0.3) is 55.6 Å². The zero-order chi connectivity index (χ0) is 52.4. The van der Waals surface area contributed by atoms with E-state index in [-0.39, 0.29) is 5.41 Å². The number of nitrogens with zero attached hydrogens (tertiary/aromatic N) is 3. The quantitative estimate of drug-likeness (QED) is 0.114. The van der Waals surface area contributed by atoms with E-state index >= 15 is 0 Å². The highest BCUT2D eigenvalue weighted by atomic mass is 15.2. The van der Waals surface area contributed by atoms with E-state index < -0.39 is 0 Å². The van der Waals surface area contributed by atoms with Crippen molar-refractivity contribution in [2.75, 3.05) is 14.7 Å². The van der Waals surface area contributed by atoms with Crippen LogP contribution >= 0.6 is 0 Å². The lowest BCUT2D eigenvalue weighted by Gasteiger charge is -2.28. The molecule has 0 atom stereocenters. The second kappa shape index (κ2) is 20.6. The Morgan fingerprint density at radius 2 is 0.410 bits per heavy atom. The minimum atomic E-state index is -0.126. The molecule has 0 unspecified atom stereocenters. The molecule has 3 nitrogen and oxygen atoms in total. The first-order valence-corrected chi connectivity index (χ1v) is 26.9. The molecule has 0 aromatic heterocycles. The first-order chi connectivity index (χ1) is 38.4. The summed E-state index contributed by atoms with van der Waals surface area (Å²) in [5.41, 5.74) is 24.7. The Labute approximate surface area is 458 Å². The minimum absolute atomic E-state index is 0.126. The van der Waals surface area contributed by atoms with E-state index in [4.69, 9.17) is 0 Å². The van der Waals surface area contributed by atoms with Crippen LogP contribution in [0.1, 0.15) is 25.0 Å². The third kappa shape index (κ3) is 9.22. The molecule has 12 aromatic carbocycles. The number of hydrogen-bond acceptors (Lipinski definition) is 3. The van der Waals surface area contributed by atoms with Gasteiger partial charge in [-0.1, -0.05) is 214 Å². The van der Waals surface area contributed by atoms with Crippen LogP contribution in [0, 0.1) is 0 Å². The van der Waals surface area contributed by atoms with Gasteiger partial charge in [0.05, 0.1) is 0 Å². The van der Waals surface area contributed by atoms with Gasteiger partial charge in [-0.25, -0.2) is 0 Å². The monoisotopic (exact) mass is 999 g/mol. The van der Waals surface area contributed by atoms with Gasteiger partial charge in [0.25, 0.3) is 0 Å². The van der Waals surface area contributed by atoms with Crippen LogP contribution in [0.15, 0.2) is 309 Å². The molecule has 0 saturated heterocycles. The van der Waals surface area contributed by atoms with Crippen LogP contribution in [0.5, 0.6) is 0 Å². The molecule has 0 spiro atoms. The number of fused-ring (bicyclic) bond motifs is 3. The number of benzene rings is 12. The van der Waals surface area contributed by atoms with Crippen molar-refractivity contribution in [2.24, 2.45) is 0 Å². The Kier molecular flexibility index (Phi) is 12.6. The van der Waals surface area contributed by atoms with Crippen molar-refractivity contribution in [3.05, 3.63) is 321 Å².